The maximum absolute atomic E-state index is 11.2. The van der Waals surface area contributed by atoms with Gasteiger partial charge < -0.3 is 0 Å². The van der Waals surface area contributed by atoms with Gasteiger partial charge in [-0.15, -0.1) is 0 Å². The van der Waals surface area contributed by atoms with Crippen LogP contribution in [0.25, 0.3) is 0 Å². The van der Waals surface area contributed by atoms with Crippen molar-refractivity contribution in [3.05, 3.63) is 12.2 Å². The van der Waals surface area contributed by atoms with Crippen LogP contribution in [0.3, 0.4) is 0 Å². The highest BCUT2D eigenvalue weighted by Crippen LogP contribution is 1.94. The van der Waals surface area contributed by atoms with E-state index in [1.165, 1.54) is 6.08 Å². The second-order valence-electron chi connectivity index (χ2n) is 1.20. The molecule has 0 aromatic rings. The predicted molar refractivity (Wildman–Crippen MR) is 27.6 cm³/mol. The number of hydrogen-bond donors (Lipinski definition) is 0. The van der Waals surface area contributed by atoms with Crippen LogP contribution >= 0.6 is 0 Å². The van der Waals surface area contributed by atoms with Gasteiger partial charge in [0.25, 0.3) is 0 Å². The molecule has 0 aromatic carbocycles. The normalized spacial score (nSPS) is 10.1. The molecule has 0 aliphatic rings. The van der Waals surface area contributed by atoms with Crippen LogP contribution < -0.4 is 0 Å². The summed E-state index contributed by atoms with van der Waals surface area (Å²) >= 11 is 0. The third-order valence-corrected chi connectivity index (χ3v) is 0.550. The molecule has 0 saturated heterocycles. The van der Waals surface area contributed by atoms with E-state index >= 15 is 0 Å². The van der Waals surface area contributed by atoms with Crippen molar-refractivity contribution >= 4 is 7.27 Å². The summed E-state index contributed by atoms with van der Waals surface area (Å²) in [6.45, 7) is 1.72. The number of rotatable bonds is 2. The second kappa shape index (κ2) is 3.84. The highest BCUT2D eigenvalue weighted by molar-refractivity contribution is 6.43. The largest absolute Gasteiger partial charge is 0.541 e. The van der Waals surface area contributed by atoms with Gasteiger partial charge in [0.2, 0.25) is 0 Å². The van der Waals surface area contributed by atoms with Crippen molar-refractivity contribution in [1.29, 1.82) is 0 Å². The highest BCUT2D eigenvalue weighted by atomic mass is 19.2. The summed E-state index contributed by atoms with van der Waals surface area (Å²) in [6.07, 6.45) is 2.95. The lowest BCUT2D eigenvalue weighted by Gasteiger charge is -1.79. The Morgan fingerprint density at radius 3 is 2.29 bits per heavy atom. The number of allylic oxidation sites excluding steroid dienone is 2. The Morgan fingerprint density at radius 2 is 2.14 bits per heavy atom. The van der Waals surface area contributed by atoms with Crippen LogP contribution in [0.5, 0.6) is 0 Å². The van der Waals surface area contributed by atoms with Crippen LogP contribution in [0.4, 0.5) is 8.63 Å². The van der Waals surface area contributed by atoms with Crippen LogP contribution in [0.2, 0.25) is 6.32 Å². The monoisotopic (exact) mass is 104 g/mol. The lowest BCUT2D eigenvalue weighted by atomic mass is 9.93. The van der Waals surface area contributed by atoms with E-state index in [0.717, 1.165) is 0 Å². The Morgan fingerprint density at radius 1 is 1.57 bits per heavy atom. The molecule has 0 unspecified atom stereocenters. The van der Waals surface area contributed by atoms with Crippen LogP contribution in [0.15, 0.2) is 12.2 Å². The standard InChI is InChI=1S/C4H7BF2/c1-2-3-4-5(6)7/h2-3H,4H2,1H3/b3-2-. The molecule has 0 aliphatic carbocycles. The van der Waals surface area contributed by atoms with Gasteiger partial charge in [0, 0.05) is 6.32 Å². The van der Waals surface area contributed by atoms with E-state index in [1.807, 2.05) is 0 Å². The molecular weight excluding hydrogens is 96.9 g/mol. The summed E-state index contributed by atoms with van der Waals surface area (Å²) in [4.78, 5) is 0. The fourth-order valence-corrected chi connectivity index (χ4v) is 0.239. The van der Waals surface area contributed by atoms with Crippen LogP contribution in [-0.4, -0.2) is 7.27 Å². The summed E-state index contributed by atoms with van der Waals surface area (Å²) in [7, 11) is -2.18. The van der Waals surface area contributed by atoms with Crippen LogP contribution in [0, 0.1) is 0 Å². The molecule has 0 heterocycles. The van der Waals surface area contributed by atoms with Gasteiger partial charge in [-0.1, -0.05) is 12.2 Å². The zero-order valence-electron chi connectivity index (χ0n) is 4.20. The number of halogens is 2. The molecule has 0 aromatic heterocycles. The molecule has 0 spiro atoms. The molecule has 0 rings (SSSR count). The summed E-state index contributed by atoms with van der Waals surface area (Å²) in [5, 5.41) is 0. The molecule has 0 bridgehead atoms. The molecule has 0 aliphatic heterocycles. The first-order chi connectivity index (χ1) is 3.27. The summed E-state index contributed by atoms with van der Waals surface area (Å²) in [5.41, 5.74) is 0. The van der Waals surface area contributed by atoms with E-state index in [-0.39, 0.29) is 6.32 Å². The first kappa shape index (κ1) is 6.66. The van der Waals surface area contributed by atoms with E-state index < -0.39 is 7.27 Å². The maximum atomic E-state index is 11.2. The zero-order chi connectivity index (χ0) is 5.70. The maximum Gasteiger partial charge on any atom is 0.541 e. The predicted octanol–water partition coefficient (Wildman–Crippen LogP) is 1.99. The van der Waals surface area contributed by atoms with E-state index in [0.29, 0.717) is 0 Å². The molecule has 0 atom stereocenters. The highest BCUT2D eigenvalue weighted by Gasteiger charge is 2.06. The Labute approximate surface area is 42.4 Å². The molecule has 0 fully saturated rings. The van der Waals surface area contributed by atoms with Crippen LogP contribution in [0.1, 0.15) is 6.92 Å². The summed E-state index contributed by atoms with van der Waals surface area (Å²) in [5.74, 6) is 0. The van der Waals surface area contributed by atoms with Crippen LogP contribution in [-0.2, 0) is 0 Å². The van der Waals surface area contributed by atoms with Crippen molar-refractivity contribution in [3.8, 4) is 0 Å². The van der Waals surface area contributed by atoms with E-state index in [2.05, 4.69) is 0 Å². The molecular formula is C4H7BF2. The molecule has 0 radical (unpaired) electrons. The fraction of sp³-hybridized carbons (Fsp3) is 0.500. The SMILES string of the molecule is C/C=C\CB(F)F. The third-order valence-electron chi connectivity index (χ3n) is 0.550. The van der Waals surface area contributed by atoms with Crippen molar-refractivity contribution in [1.82, 2.24) is 0 Å². The number of hydrogen-bond acceptors (Lipinski definition) is 0. The Kier molecular flexibility index (Phi) is 3.66. The van der Waals surface area contributed by atoms with Gasteiger partial charge in [0.05, 0.1) is 0 Å². The molecule has 7 heavy (non-hydrogen) atoms. The van der Waals surface area contributed by atoms with Crippen molar-refractivity contribution in [2.45, 2.75) is 13.2 Å². The fourth-order valence-electron chi connectivity index (χ4n) is 0.239. The quantitative estimate of drug-likeness (QED) is 0.371. The van der Waals surface area contributed by atoms with Crippen molar-refractivity contribution in [2.75, 3.05) is 0 Å². The van der Waals surface area contributed by atoms with Gasteiger partial charge in [-0.2, -0.15) is 0 Å². The smallest absolute Gasteiger partial charge is 0.287 e. The minimum absolute atomic E-state index is 0.115. The lowest BCUT2D eigenvalue weighted by Crippen LogP contribution is -1.90. The first-order valence-electron chi connectivity index (χ1n) is 2.16. The topological polar surface area (TPSA) is 0 Å². The summed E-state index contributed by atoms with van der Waals surface area (Å²) < 4.78 is 22.3. The summed E-state index contributed by atoms with van der Waals surface area (Å²) in [6, 6.07) is 0. The molecule has 3 heteroatoms. The molecule has 0 saturated carbocycles. The minimum atomic E-state index is -2.18. The van der Waals surface area contributed by atoms with Crippen molar-refractivity contribution in [3.63, 3.8) is 0 Å². The van der Waals surface area contributed by atoms with Gasteiger partial charge in [-0.05, 0) is 6.92 Å². The zero-order valence-corrected chi connectivity index (χ0v) is 4.20. The first-order valence-corrected chi connectivity index (χ1v) is 2.16. The Balaban J connectivity index is 2.97. The van der Waals surface area contributed by atoms with Gasteiger partial charge in [0.1, 0.15) is 0 Å². The van der Waals surface area contributed by atoms with Gasteiger partial charge in [-0.25, -0.2) is 0 Å². The van der Waals surface area contributed by atoms with E-state index in [4.69, 9.17) is 0 Å². The van der Waals surface area contributed by atoms with Crippen molar-refractivity contribution < 1.29 is 8.63 Å². The molecule has 0 amide bonds. The average Bonchev–Trinajstić information content (AvgIpc) is 1.61. The van der Waals surface area contributed by atoms with E-state index in [9.17, 15) is 8.63 Å². The Hall–Kier alpha value is -0.335. The molecule has 0 N–H and O–H groups in total. The second-order valence-corrected chi connectivity index (χ2v) is 1.20. The molecule has 40 valence electrons. The van der Waals surface area contributed by atoms with Crippen molar-refractivity contribution in [2.24, 2.45) is 0 Å². The van der Waals surface area contributed by atoms with Gasteiger partial charge in [0.15, 0.2) is 0 Å². The molecule has 0 nitrogen and oxygen atoms in total. The van der Waals surface area contributed by atoms with E-state index in [1.54, 1.807) is 13.0 Å². The van der Waals surface area contributed by atoms with Gasteiger partial charge >= 0.3 is 7.27 Å². The van der Waals surface area contributed by atoms with Gasteiger partial charge in [-0.3, -0.25) is 8.63 Å². The lowest BCUT2D eigenvalue weighted by molar-refractivity contribution is 0.663. The minimum Gasteiger partial charge on any atom is -0.287 e. The Bertz CT molecular complexity index is 60.7. The third kappa shape index (κ3) is 5.66. The average molecular weight is 104 g/mol.